The van der Waals surface area contributed by atoms with Crippen molar-refractivity contribution in [1.29, 1.82) is 0 Å². The van der Waals surface area contributed by atoms with Gasteiger partial charge in [-0.3, -0.25) is 5.10 Å². The van der Waals surface area contributed by atoms with Crippen LogP contribution in [0.15, 0.2) is 6.20 Å². The van der Waals surface area contributed by atoms with Crippen molar-refractivity contribution in [3.8, 4) is 0 Å². The van der Waals surface area contributed by atoms with Gasteiger partial charge >= 0.3 is 6.03 Å². The van der Waals surface area contributed by atoms with E-state index in [2.05, 4.69) is 41.6 Å². The number of rotatable bonds is 4. The predicted octanol–water partition coefficient (Wildman–Crippen LogP) is 1.97. The second-order valence-electron chi connectivity index (χ2n) is 6.79. The number of hydrogen-bond acceptors (Lipinski definition) is 3. The lowest BCUT2D eigenvalue weighted by molar-refractivity contribution is 0.00775. The maximum absolute atomic E-state index is 11.9. The fourth-order valence-electron chi connectivity index (χ4n) is 2.82. The number of aromatic amines is 1. The summed E-state index contributed by atoms with van der Waals surface area (Å²) in [6.07, 6.45) is 2.94. The number of nitrogens with zero attached hydrogens (tertiary/aromatic N) is 1. The third kappa shape index (κ3) is 4.20. The first-order valence-electron chi connectivity index (χ1n) is 7.50. The monoisotopic (exact) mass is 294 g/mol. The molecule has 118 valence electrons. The Bertz CT molecular complexity index is 478. The molecule has 2 rings (SSSR count). The van der Waals surface area contributed by atoms with E-state index in [1.165, 1.54) is 0 Å². The zero-order valence-electron chi connectivity index (χ0n) is 13.3. The Labute approximate surface area is 126 Å². The molecule has 2 heterocycles. The average molecular weight is 294 g/mol. The largest absolute Gasteiger partial charge is 0.377 e. The molecule has 1 aliphatic rings. The molecule has 0 bridgehead atoms. The summed E-state index contributed by atoms with van der Waals surface area (Å²) in [6.45, 7) is 10.4. The van der Waals surface area contributed by atoms with E-state index >= 15 is 0 Å². The quantitative estimate of drug-likeness (QED) is 0.794. The lowest BCUT2D eigenvalue weighted by atomic mass is 9.81. The lowest BCUT2D eigenvalue weighted by Gasteiger charge is -2.31. The zero-order chi connectivity index (χ0) is 15.5. The summed E-state index contributed by atoms with van der Waals surface area (Å²) in [5, 5.41) is 12.6. The molecule has 0 spiro atoms. The minimum Gasteiger partial charge on any atom is -0.377 e. The predicted molar refractivity (Wildman–Crippen MR) is 80.9 cm³/mol. The minimum atomic E-state index is -0.143. The van der Waals surface area contributed by atoms with E-state index in [1.807, 2.05) is 6.92 Å². The molecule has 0 saturated carbocycles. The lowest BCUT2D eigenvalue weighted by Crippen LogP contribution is -2.42. The van der Waals surface area contributed by atoms with Crippen molar-refractivity contribution in [2.24, 2.45) is 11.3 Å². The van der Waals surface area contributed by atoms with Crippen LogP contribution in [0.2, 0.25) is 0 Å². The summed E-state index contributed by atoms with van der Waals surface area (Å²) in [5.41, 5.74) is 2.09. The van der Waals surface area contributed by atoms with Crippen molar-refractivity contribution in [2.75, 3.05) is 13.2 Å². The summed E-state index contributed by atoms with van der Waals surface area (Å²) in [6, 6.07) is -0.143. The van der Waals surface area contributed by atoms with Gasteiger partial charge < -0.3 is 15.4 Å². The van der Waals surface area contributed by atoms with Crippen molar-refractivity contribution in [1.82, 2.24) is 20.8 Å². The van der Waals surface area contributed by atoms with E-state index in [4.69, 9.17) is 4.74 Å². The summed E-state index contributed by atoms with van der Waals surface area (Å²) in [7, 11) is 0. The second-order valence-corrected chi connectivity index (χ2v) is 6.79. The maximum atomic E-state index is 11.9. The van der Waals surface area contributed by atoms with E-state index in [0.717, 1.165) is 24.3 Å². The summed E-state index contributed by atoms with van der Waals surface area (Å²) in [5.74, 6) is 0.381. The number of H-pyrrole nitrogens is 1. The number of aryl methyl sites for hydroxylation is 1. The number of carbonyl (C=O) groups excluding carboxylic acids is 1. The molecule has 0 radical (unpaired) electrons. The highest BCUT2D eigenvalue weighted by molar-refractivity contribution is 5.73. The second kappa shape index (κ2) is 6.47. The van der Waals surface area contributed by atoms with Crippen LogP contribution in [-0.2, 0) is 11.3 Å². The van der Waals surface area contributed by atoms with Gasteiger partial charge in [0.15, 0.2) is 0 Å². The summed E-state index contributed by atoms with van der Waals surface area (Å²) >= 11 is 0. The average Bonchev–Trinajstić information content (AvgIpc) is 3.02. The van der Waals surface area contributed by atoms with E-state index in [9.17, 15) is 4.79 Å². The molecular weight excluding hydrogens is 268 g/mol. The number of carbonyl (C=O) groups is 1. The smallest absolute Gasteiger partial charge is 0.315 e. The van der Waals surface area contributed by atoms with Gasteiger partial charge in [0.05, 0.1) is 12.3 Å². The van der Waals surface area contributed by atoms with Crippen molar-refractivity contribution >= 4 is 6.03 Å². The standard InChI is InChI=1S/C15H26N4O2/c1-10-12(9-18-19-10)8-17-14(20)16-7-11-5-6-21-13(11)15(2,3)4/h9,11,13H,5-8H2,1-4H3,(H,18,19)(H2,16,17,20)/t11-,13+/m1/s1. The molecule has 1 saturated heterocycles. The van der Waals surface area contributed by atoms with Crippen LogP contribution < -0.4 is 10.6 Å². The number of urea groups is 1. The minimum absolute atomic E-state index is 0.104. The zero-order valence-corrected chi connectivity index (χ0v) is 13.3. The van der Waals surface area contributed by atoms with Gasteiger partial charge in [0.2, 0.25) is 0 Å². The first-order valence-corrected chi connectivity index (χ1v) is 7.50. The van der Waals surface area contributed by atoms with E-state index < -0.39 is 0 Å². The molecule has 2 amide bonds. The van der Waals surface area contributed by atoms with Crippen molar-refractivity contribution in [3.63, 3.8) is 0 Å². The van der Waals surface area contributed by atoms with Crippen molar-refractivity contribution in [3.05, 3.63) is 17.5 Å². The van der Waals surface area contributed by atoms with E-state index in [1.54, 1.807) is 6.20 Å². The molecule has 0 unspecified atom stereocenters. The van der Waals surface area contributed by atoms with Gasteiger partial charge in [-0.25, -0.2) is 4.79 Å². The molecule has 3 N–H and O–H groups in total. The Kier molecular flexibility index (Phi) is 4.88. The van der Waals surface area contributed by atoms with Crippen LogP contribution in [-0.4, -0.2) is 35.5 Å². The molecule has 1 aromatic heterocycles. The van der Waals surface area contributed by atoms with Crippen LogP contribution in [0.3, 0.4) is 0 Å². The summed E-state index contributed by atoms with van der Waals surface area (Å²) in [4.78, 5) is 11.9. The molecule has 2 atom stereocenters. The van der Waals surface area contributed by atoms with Gasteiger partial charge in [0.25, 0.3) is 0 Å². The van der Waals surface area contributed by atoms with Crippen molar-refractivity contribution < 1.29 is 9.53 Å². The molecular formula is C15H26N4O2. The Balaban J connectivity index is 1.75. The fraction of sp³-hybridized carbons (Fsp3) is 0.733. The van der Waals surface area contributed by atoms with Crippen LogP contribution in [0.5, 0.6) is 0 Å². The van der Waals surface area contributed by atoms with E-state index in [0.29, 0.717) is 19.0 Å². The normalized spacial score (nSPS) is 22.3. The molecule has 1 aromatic rings. The highest BCUT2D eigenvalue weighted by Crippen LogP contribution is 2.34. The van der Waals surface area contributed by atoms with Crippen LogP contribution >= 0.6 is 0 Å². The van der Waals surface area contributed by atoms with Crippen LogP contribution in [0, 0.1) is 18.3 Å². The van der Waals surface area contributed by atoms with Crippen molar-refractivity contribution in [2.45, 2.75) is 46.8 Å². The van der Waals surface area contributed by atoms with Gasteiger partial charge in [0.1, 0.15) is 0 Å². The number of amides is 2. The number of aromatic nitrogens is 2. The molecule has 6 nitrogen and oxygen atoms in total. The third-order valence-corrected chi connectivity index (χ3v) is 3.97. The van der Waals surface area contributed by atoms with Gasteiger partial charge in [-0.1, -0.05) is 20.8 Å². The third-order valence-electron chi connectivity index (χ3n) is 3.97. The molecule has 1 fully saturated rings. The van der Waals surface area contributed by atoms with Gasteiger partial charge in [-0.2, -0.15) is 5.10 Å². The van der Waals surface area contributed by atoms with Gasteiger partial charge in [-0.05, 0) is 18.8 Å². The van der Waals surface area contributed by atoms with Crippen LogP contribution in [0.4, 0.5) is 4.79 Å². The van der Waals surface area contributed by atoms with E-state index in [-0.39, 0.29) is 17.6 Å². The Morgan fingerprint density at radius 3 is 2.86 bits per heavy atom. The highest BCUT2D eigenvalue weighted by atomic mass is 16.5. The molecule has 0 aliphatic carbocycles. The molecule has 0 aromatic carbocycles. The Morgan fingerprint density at radius 1 is 1.48 bits per heavy atom. The van der Waals surface area contributed by atoms with Crippen LogP contribution in [0.1, 0.15) is 38.4 Å². The Hall–Kier alpha value is -1.56. The SMILES string of the molecule is Cc1[nH]ncc1CNC(=O)NC[C@H]1CCO[C@@H]1C(C)(C)C. The molecule has 21 heavy (non-hydrogen) atoms. The summed E-state index contributed by atoms with van der Waals surface area (Å²) < 4.78 is 5.81. The topological polar surface area (TPSA) is 79.0 Å². The Morgan fingerprint density at radius 2 is 2.24 bits per heavy atom. The number of hydrogen-bond donors (Lipinski definition) is 3. The first kappa shape index (κ1) is 15.8. The molecule has 6 heteroatoms. The maximum Gasteiger partial charge on any atom is 0.315 e. The van der Waals surface area contributed by atoms with Gasteiger partial charge in [-0.15, -0.1) is 0 Å². The number of ether oxygens (including phenoxy) is 1. The molecule has 1 aliphatic heterocycles. The first-order chi connectivity index (χ1) is 9.88. The highest BCUT2D eigenvalue weighted by Gasteiger charge is 2.37. The fourth-order valence-corrected chi connectivity index (χ4v) is 2.82. The van der Waals surface area contributed by atoms with Crippen LogP contribution in [0.25, 0.3) is 0 Å². The van der Waals surface area contributed by atoms with Gasteiger partial charge in [0, 0.05) is 36.9 Å². The number of nitrogens with one attached hydrogen (secondary N) is 3.